The van der Waals surface area contributed by atoms with Crippen LogP contribution in [-0.4, -0.2) is 6.21 Å². The molecule has 2 N–H and O–H groups in total. The molecule has 62 valence electrons. The molecule has 0 saturated heterocycles. The smallest absolute Gasteiger partial charge is 0.148 e. The lowest BCUT2D eigenvalue weighted by Gasteiger charge is -2.10. The van der Waals surface area contributed by atoms with E-state index in [0.29, 0.717) is 5.69 Å². The molecule has 1 aromatic carbocycles. The van der Waals surface area contributed by atoms with Crippen molar-refractivity contribution < 1.29 is 4.39 Å². The van der Waals surface area contributed by atoms with E-state index in [-0.39, 0.29) is 11.5 Å². The van der Waals surface area contributed by atoms with Crippen LogP contribution in [0.15, 0.2) is 17.1 Å². The van der Waals surface area contributed by atoms with Gasteiger partial charge in [-0.1, -0.05) is 0 Å². The summed E-state index contributed by atoms with van der Waals surface area (Å²) in [5, 5.41) is 0. The number of aryl methyl sites for hydroxylation is 1. The Bertz CT molecular complexity index is 345. The first-order valence-corrected chi connectivity index (χ1v) is 3.88. The highest BCUT2D eigenvalue weighted by molar-refractivity contribution is 5.70. The predicted octanol–water partition coefficient (Wildman–Crippen LogP) is 2.06. The van der Waals surface area contributed by atoms with E-state index in [1.54, 1.807) is 12.3 Å². The van der Waals surface area contributed by atoms with Gasteiger partial charge in [-0.2, -0.15) is 0 Å². The van der Waals surface area contributed by atoms with E-state index in [9.17, 15) is 4.39 Å². The van der Waals surface area contributed by atoms with Crippen molar-refractivity contribution in [2.24, 2.45) is 4.99 Å². The Balaban J connectivity index is 2.58. The fourth-order valence-electron chi connectivity index (χ4n) is 1.33. The lowest BCUT2D eigenvalue weighted by Crippen LogP contribution is -1.98. The molecular formula is C9H9FN2. The van der Waals surface area contributed by atoms with E-state index < -0.39 is 0 Å². The largest absolute Gasteiger partial charge is 0.396 e. The third kappa shape index (κ3) is 1.07. The molecule has 0 radical (unpaired) electrons. The van der Waals surface area contributed by atoms with Gasteiger partial charge in [-0.25, -0.2) is 4.39 Å². The molecule has 1 aliphatic rings. The van der Waals surface area contributed by atoms with Crippen LogP contribution in [0.5, 0.6) is 0 Å². The number of halogens is 1. The zero-order valence-corrected chi connectivity index (χ0v) is 6.55. The van der Waals surface area contributed by atoms with Gasteiger partial charge in [0.1, 0.15) is 5.82 Å². The van der Waals surface area contributed by atoms with Gasteiger partial charge in [0.25, 0.3) is 0 Å². The van der Waals surface area contributed by atoms with Crippen molar-refractivity contribution >= 4 is 17.6 Å². The lowest BCUT2D eigenvalue weighted by atomic mass is 10.0. The summed E-state index contributed by atoms with van der Waals surface area (Å²) in [6, 6.07) is 3.06. The number of fused-ring (bicyclic) bond motifs is 1. The van der Waals surface area contributed by atoms with Crippen molar-refractivity contribution in [1.29, 1.82) is 0 Å². The van der Waals surface area contributed by atoms with Gasteiger partial charge in [0.15, 0.2) is 0 Å². The first-order chi connectivity index (χ1) is 5.77. The van der Waals surface area contributed by atoms with Gasteiger partial charge >= 0.3 is 0 Å². The Kier molecular flexibility index (Phi) is 1.57. The van der Waals surface area contributed by atoms with Crippen molar-refractivity contribution in [1.82, 2.24) is 0 Å². The van der Waals surface area contributed by atoms with E-state index in [4.69, 9.17) is 5.73 Å². The summed E-state index contributed by atoms with van der Waals surface area (Å²) in [7, 11) is 0. The quantitative estimate of drug-likeness (QED) is 0.585. The maximum Gasteiger partial charge on any atom is 0.148 e. The molecule has 0 amide bonds. The minimum absolute atomic E-state index is 0.214. The van der Waals surface area contributed by atoms with Crippen LogP contribution in [-0.2, 0) is 6.42 Å². The number of aliphatic imine (C=N–C) groups is 1. The summed E-state index contributed by atoms with van der Waals surface area (Å²) in [5.41, 5.74) is 7.38. The third-order valence-electron chi connectivity index (χ3n) is 1.97. The van der Waals surface area contributed by atoms with Gasteiger partial charge in [0, 0.05) is 12.3 Å². The Morgan fingerprint density at radius 3 is 3.08 bits per heavy atom. The van der Waals surface area contributed by atoms with Gasteiger partial charge < -0.3 is 5.73 Å². The molecule has 0 aliphatic carbocycles. The van der Waals surface area contributed by atoms with E-state index in [0.717, 1.165) is 18.4 Å². The van der Waals surface area contributed by atoms with Crippen LogP contribution in [0.4, 0.5) is 15.8 Å². The molecule has 2 nitrogen and oxygen atoms in total. The highest BCUT2D eigenvalue weighted by Crippen LogP contribution is 2.27. The molecule has 3 heteroatoms. The van der Waals surface area contributed by atoms with Crippen LogP contribution in [0.2, 0.25) is 0 Å². The fourth-order valence-corrected chi connectivity index (χ4v) is 1.33. The maximum atomic E-state index is 12.9. The topological polar surface area (TPSA) is 38.4 Å². The highest BCUT2D eigenvalue weighted by atomic mass is 19.1. The van der Waals surface area contributed by atoms with Crippen LogP contribution in [0.25, 0.3) is 0 Å². The molecule has 1 aromatic rings. The average molecular weight is 164 g/mol. The second-order valence-corrected chi connectivity index (χ2v) is 2.85. The average Bonchev–Trinajstić information content (AvgIpc) is 2.07. The monoisotopic (exact) mass is 164 g/mol. The van der Waals surface area contributed by atoms with E-state index >= 15 is 0 Å². The van der Waals surface area contributed by atoms with Crippen molar-refractivity contribution in [3.63, 3.8) is 0 Å². The first kappa shape index (κ1) is 7.28. The molecule has 1 aliphatic heterocycles. The third-order valence-corrected chi connectivity index (χ3v) is 1.97. The van der Waals surface area contributed by atoms with Crippen molar-refractivity contribution in [3.8, 4) is 0 Å². The van der Waals surface area contributed by atoms with Gasteiger partial charge in [-0.15, -0.1) is 0 Å². The van der Waals surface area contributed by atoms with Crippen molar-refractivity contribution in [2.75, 3.05) is 5.73 Å². The highest BCUT2D eigenvalue weighted by Gasteiger charge is 2.08. The molecule has 2 rings (SSSR count). The number of hydrogen-bond acceptors (Lipinski definition) is 2. The summed E-state index contributed by atoms with van der Waals surface area (Å²) < 4.78 is 12.9. The molecule has 0 spiro atoms. The summed E-state index contributed by atoms with van der Waals surface area (Å²) in [6.45, 7) is 0. The summed E-state index contributed by atoms with van der Waals surface area (Å²) in [4.78, 5) is 4.07. The van der Waals surface area contributed by atoms with Gasteiger partial charge in [-0.3, -0.25) is 4.99 Å². The fraction of sp³-hybridized carbons (Fsp3) is 0.222. The van der Waals surface area contributed by atoms with Gasteiger partial charge in [0.2, 0.25) is 0 Å². The summed E-state index contributed by atoms with van der Waals surface area (Å²) in [5.74, 6) is -0.382. The van der Waals surface area contributed by atoms with Gasteiger partial charge in [-0.05, 0) is 24.5 Å². The minimum Gasteiger partial charge on any atom is -0.396 e. The molecule has 12 heavy (non-hydrogen) atoms. The molecule has 0 atom stereocenters. The molecular weight excluding hydrogens is 155 g/mol. The van der Waals surface area contributed by atoms with Crippen molar-refractivity contribution in [2.45, 2.75) is 12.8 Å². The second-order valence-electron chi connectivity index (χ2n) is 2.85. The number of nitrogen functional groups attached to an aromatic ring is 1. The van der Waals surface area contributed by atoms with Gasteiger partial charge in [0.05, 0.1) is 11.4 Å². The van der Waals surface area contributed by atoms with Crippen LogP contribution in [0.3, 0.4) is 0 Å². The van der Waals surface area contributed by atoms with Crippen LogP contribution >= 0.6 is 0 Å². The molecule has 0 unspecified atom stereocenters. The second kappa shape index (κ2) is 2.59. The molecule has 0 aromatic heterocycles. The number of nitrogens with zero attached hydrogens (tertiary/aromatic N) is 1. The van der Waals surface area contributed by atoms with Crippen LogP contribution < -0.4 is 5.73 Å². The summed E-state index contributed by atoms with van der Waals surface area (Å²) in [6.07, 6.45) is 3.62. The normalized spacial score (nSPS) is 14.4. The zero-order chi connectivity index (χ0) is 8.55. The van der Waals surface area contributed by atoms with E-state index in [2.05, 4.69) is 4.99 Å². The number of hydrogen-bond donors (Lipinski definition) is 1. The van der Waals surface area contributed by atoms with Crippen molar-refractivity contribution in [3.05, 3.63) is 23.5 Å². The maximum absolute atomic E-state index is 12.9. The first-order valence-electron chi connectivity index (χ1n) is 3.88. The minimum atomic E-state index is -0.382. The lowest BCUT2D eigenvalue weighted by molar-refractivity contribution is 0.632. The SMILES string of the molecule is Nc1cc2c(cc1F)N=CCC2. The Hall–Kier alpha value is -1.38. The zero-order valence-electron chi connectivity index (χ0n) is 6.55. The van der Waals surface area contributed by atoms with E-state index in [1.165, 1.54) is 6.07 Å². The molecule has 0 fully saturated rings. The van der Waals surface area contributed by atoms with E-state index in [1.807, 2.05) is 0 Å². The Labute approximate surface area is 69.9 Å². The number of anilines is 1. The molecule has 1 heterocycles. The Morgan fingerprint density at radius 2 is 2.25 bits per heavy atom. The number of rotatable bonds is 0. The van der Waals surface area contributed by atoms with Crippen LogP contribution in [0, 0.1) is 5.82 Å². The standard InChI is InChI=1S/C9H9FN2/c10-7-5-9-6(4-8(7)11)2-1-3-12-9/h3-5H,1-2,11H2. The number of benzene rings is 1. The summed E-state index contributed by atoms with van der Waals surface area (Å²) >= 11 is 0. The molecule has 0 bridgehead atoms. The molecule has 0 saturated carbocycles. The number of nitrogens with two attached hydrogens (primary N) is 1. The predicted molar refractivity (Wildman–Crippen MR) is 47.3 cm³/mol. The Morgan fingerprint density at radius 1 is 1.42 bits per heavy atom. The van der Waals surface area contributed by atoms with Crippen LogP contribution in [0.1, 0.15) is 12.0 Å².